The Hall–Kier alpha value is -1.88. The first-order chi connectivity index (χ1) is 10.9. The topological polar surface area (TPSA) is 45.2 Å². The van der Waals surface area contributed by atoms with Gasteiger partial charge in [-0.15, -0.1) is 11.3 Å². The molecule has 2 aromatic rings. The molecule has 23 heavy (non-hydrogen) atoms. The third-order valence-electron chi connectivity index (χ3n) is 3.93. The molecule has 1 N–H and O–H groups in total. The molecule has 0 aliphatic rings. The molecule has 0 spiro atoms. The number of aromatic nitrogens is 1. The molecule has 0 saturated heterocycles. The number of nitrogens with zero attached hydrogens (tertiary/aromatic N) is 2. The van der Waals surface area contributed by atoms with Crippen LogP contribution in [0.25, 0.3) is 0 Å². The predicted molar refractivity (Wildman–Crippen MR) is 98.7 cm³/mol. The van der Waals surface area contributed by atoms with Crippen LogP contribution in [0.5, 0.6) is 0 Å². The van der Waals surface area contributed by atoms with E-state index in [1.807, 2.05) is 26.8 Å². The van der Waals surface area contributed by atoms with E-state index in [2.05, 4.69) is 41.2 Å². The van der Waals surface area contributed by atoms with E-state index in [1.54, 1.807) is 11.3 Å². The normalized spacial score (nSPS) is 10.7. The first-order valence-electron chi connectivity index (χ1n) is 8.03. The van der Waals surface area contributed by atoms with Gasteiger partial charge in [-0.1, -0.05) is 0 Å². The monoisotopic (exact) mass is 331 g/mol. The fraction of sp³-hybridized carbons (Fsp3) is 0.444. The number of hydrogen-bond acceptors (Lipinski definition) is 4. The highest BCUT2D eigenvalue weighted by molar-refractivity contribution is 7.11. The molecule has 1 aromatic carbocycles. The van der Waals surface area contributed by atoms with Gasteiger partial charge in [-0.2, -0.15) is 0 Å². The van der Waals surface area contributed by atoms with Crippen LogP contribution in [0.4, 0.5) is 11.4 Å². The fourth-order valence-corrected chi connectivity index (χ4v) is 3.59. The second-order valence-electron chi connectivity index (χ2n) is 5.64. The Morgan fingerprint density at radius 3 is 2.43 bits per heavy atom. The van der Waals surface area contributed by atoms with Crippen molar-refractivity contribution >= 4 is 28.6 Å². The van der Waals surface area contributed by atoms with Gasteiger partial charge in [0.05, 0.1) is 17.1 Å². The number of hydrogen-bond donors (Lipinski definition) is 1. The van der Waals surface area contributed by atoms with Crippen LogP contribution in [0.3, 0.4) is 0 Å². The number of aryl methyl sites for hydroxylation is 3. The standard InChI is InChI=1S/C18H25N3OS/c1-6-21(7-2)15-8-9-16(12(3)10-15)20-18(22)11-17-13(4)19-14(5)23-17/h8-10H,6-7,11H2,1-5H3,(H,20,22). The van der Waals surface area contributed by atoms with Crippen LogP contribution < -0.4 is 10.2 Å². The van der Waals surface area contributed by atoms with E-state index in [4.69, 9.17) is 0 Å². The summed E-state index contributed by atoms with van der Waals surface area (Å²) < 4.78 is 0. The Labute approximate surface area is 142 Å². The van der Waals surface area contributed by atoms with Gasteiger partial charge in [-0.25, -0.2) is 4.98 Å². The summed E-state index contributed by atoms with van der Waals surface area (Å²) in [5.41, 5.74) is 4.11. The quantitative estimate of drug-likeness (QED) is 0.867. The summed E-state index contributed by atoms with van der Waals surface area (Å²) in [4.78, 5) is 20.0. The molecule has 1 heterocycles. The minimum absolute atomic E-state index is 0.00967. The zero-order valence-corrected chi connectivity index (χ0v) is 15.4. The smallest absolute Gasteiger partial charge is 0.229 e. The molecule has 124 valence electrons. The maximum Gasteiger partial charge on any atom is 0.229 e. The Kier molecular flexibility index (Phi) is 5.77. The molecule has 0 atom stereocenters. The van der Waals surface area contributed by atoms with Gasteiger partial charge in [-0.3, -0.25) is 4.79 Å². The third-order valence-corrected chi connectivity index (χ3v) is 5.01. The van der Waals surface area contributed by atoms with Gasteiger partial charge in [0.2, 0.25) is 5.91 Å². The van der Waals surface area contributed by atoms with E-state index >= 15 is 0 Å². The lowest BCUT2D eigenvalue weighted by atomic mass is 10.1. The molecule has 0 fully saturated rings. The van der Waals surface area contributed by atoms with E-state index in [0.29, 0.717) is 6.42 Å². The van der Waals surface area contributed by atoms with Crippen LogP contribution in [-0.4, -0.2) is 24.0 Å². The van der Waals surface area contributed by atoms with Crippen molar-refractivity contribution in [2.75, 3.05) is 23.3 Å². The van der Waals surface area contributed by atoms with Crippen LogP contribution >= 0.6 is 11.3 Å². The van der Waals surface area contributed by atoms with Crippen LogP contribution in [0.2, 0.25) is 0 Å². The summed E-state index contributed by atoms with van der Waals surface area (Å²) in [6, 6.07) is 6.19. The minimum Gasteiger partial charge on any atom is -0.372 e. The van der Waals surface area contributed by atoms with Crippen molar-refractivity contribution in [2.45, 2.75) is 41.0 Å². The zero-order chi connectivity index (χ0) is 17.0. The summed E-state index contributed by atoms with van der Waals surface area (Å²) in [6.07, 6.45) is 0.384. The molecule has 0 bridgehead atoms. The largest absolute Gasteiger partial charge is 0.372 e. The Morgan fingerprint density at radius 2 is 1.91 bits per heavy atom. The van der Waals surface area contributed by atoms with Gasteiger partial charge in [0.1, 0.15) is 0 Å². The van der Waals surface area contributed by atoms with Crippen LogP contribution in [0, 0.1) is 20.8 Å². The van der Waals surface area contributed by atoms with Crippen molar-refractivity contribution in [3.63, 3.8) is 0 Å². The highest BCUT2D eigenvalue weighted by atomic mass is 32.1. The molecule has 0 unspecified atom stereocenters. The lowest BCUT2D eigenvalue weighted by Gasteiger charge is -2.22. The molecule has 1 amide bonds. The van der Waals surface area contributed by atoms with Crippen molar-refractivity contribution in [2.24, 2.45) is 0 Å². The molecule has 5 heteroatoms. The lowest BCUT2D eigenvalue weighted by Crippen LogP contribution is -2.22. The second kappa shape index (κ2) is 7.59. The number of anilines is 2. The molecular weight excluding hydrogens is 306 g/mol. The van der Waals surface area contributed by atoms with Crippen molar-refractivity contribution in [3.05, 3.63) is 39.3 Å². The first-order valence-corrected chi connectivity index (χ1v) is 8.84. The number of rotatable bonds is 6. The Balaban J connectivity index is 2.08. The lowest BCUT2D eigenvalue weighted by molar-refractivity contribution is -0.115. The predicted octanol–water partition coefficient (Wildman–Crippen LogP) is 4.10. The summed E-state index contributed by atoms with van der Waals surface area (Å²) in [5, 5.41) is 4.02. The zero-order valence-electron chi connectivity index (χ0n) is 14.6. The number of carbonyl (C=O) groups is 1. The van der Waals surface area contributed by atoms with Gasteiger partial charge >= 0.3 is 0 Å². The number of amides is 1. The van der Waals surface area contributed by atoms with Crippen LogP contribution in [0.1, 0.15) is 35.0 Å². The van der Waals surface area contributed by atoms with Crippen molar-refractivity contribution < 1.29 is 4.79 Å². The Morgan fingerprint density at radius 1 is 1.22 bits per heavy atom. The Bertz CT molecular complexity index is 690. The van der Waals surface area contributed by atoms with Crippen molar-refractivity contribution in [3.8, 4) is 0 Å². The molecule has 0 aliphatic heterocycles. The van der Waals surface area contributed by atoms with E-state index < -0.39 is 0 Å². The van der Waals surface area contributed by atoms with E-state index in [9.17, 15) is 4.79 Å². The van der Waals surface area contributed by atoms with Gasteiger partial charge in [-0.05, 0) is 58.4 Å². The van der Waals surface area contributed by atoms with Gasteiger partial charge in [0, 0.05) is 29.3 Å². The number of nitrogens with one attached hydrogen (secondary N) is 1. The fourth-order valence-electron chi connectivity index (χ4n) is 2.65. The third kappa shape index (κ3) is 4.32. The van der Waals surface area contributed by atoms with E-state index in [0.717, 1.165) is 39.9 Å². The minimum atomic E-state index is 0.00967. The molecule has 0 aliphatic carbocycles. The highest BCUT2D eigenvalue weighted by Crippen LogP contribution is 2.23. The maximum atomic E-state index is 12.3. The van der Waals surface area contributed by atoms with Crippen molar-refractivity contribution in [1.29, 1.82) is 0 Å². The van der Waals surface area contributed by atoms with Crippen LogP contribution in [0.15, 0.2) is 18.2 Å². The maximum absolute atomic E-state index is 12.3. The van der Waals surface area contributed by atoms with Crippen LogP contribution in [-0.2, 0) is 11.2 Å². The number of carbonyl (C=O) groups excluding carboxylic acids is 1. The molecule has 2 rings (SSSR count). The molecule has 0 saturated carbocycles. The van der Waals surface area contributed by atoms with E-state index in [-0.39, 0.29) is 5.91 Å². The number of benzene rings is 1. The summed E-state index contributed by atoms with van der Waals surface area (Å²) in [7, 11) is 0. The molecule has 4 nitrogen and oxygen atoms in total. The highest BCUT2D eigenvalue weighted by Gasteiger charge is 2.12. The summed E-state index contributed by atoms with van der Waals surface area (Å²) >= 11 is 1.59. The molecule has 1 aromatic heterocycles. The summed E-state index contributed by atoms with van der Waals surface area (Å²) in [6.45, 7) is 12.2. The van der Waals surface area contributed by atoms with Gasteiger partial charge < -0.3 is 10.2 Å². The molecule has 0 radical (unpaired) electrons. The van der Waals surface area contributed by atoms with E-state index in [1.165, 1.54) is 5.69 Å². The second-order valence-corrected chi connectivity index (χ2v) is 6.93. The average Bonchev–Trinajstić information content (AvgIpc) is 2.81. The summed E-state index contributed by atoms with van der Waals surface area (Å²) in [5.74, 6) is 0.00967. The number of thiazole rings is 1. The SMILES string of the molecule is CCN(CC)c1ccc(NC(=O)Cc2sc(C)nc2C)c(C)c1. The van der Waals surface area contributed by atoms with Gasteiger partial charge in [0.25, 0.3) is 0 Å². The molecular formula is C18H25N3OS. The first kappa shape index (κ1) is 17.5. The van der Waals surface area contributed by atoms with Gasteiger partial charge in [0.15, 0.2) is 0 Å². The average molecular weight is 331 g/mol. The van der Waals surface area contributed by atoms with Crippen molar-refractivity contribution in [1.82, 2.24) is 4.98 Å².